The lowest BCUT2D eigenvalue weighted by molar-refractivity contribution is 0.569. The van der Waals surface area contributed by atoms with Crippen molar-refractivity contribution in [1.82, 2.24) is 10.3 Å². The first-order valence-electron chi connectivity index (χ1n) is 5.75. The van der Waals surface area contributed by atoms with Gasteiger partial charge in [-0.15, -0.1) is 0 Å². The average molecular weight is 227 g/mol. The van der Waals surface area contributed by atoms with E-state index in [1.165, 1.54) is 0 Å². The van der Waals surface area contributed by atoms with Gasteiger partial charge in [-0.1, -0.05) is 24.3 Å². The highest BCUT2D eigenvalue weighted by Gasteiger charge is 2.07. The number of nitrogen functional groups attached to an aromatic ring is 1. The molecule has 1 aromatic carbocycles. The zero-order valence-electron chi connectivity index (χ0n) is 9.93. The lowest BCUT2D eigenvalue weighted by Gasteiger charge is -2.15. The van der Waals surface area contributed by atoms with Crippen molar-refractivity contribution in [3.8, 4) is 0 Å². The third kappa shape index (κ3) is 3.04. The Balaban J connectivity index is 1.99. The fourth-order valence-corrected chi connectivity index (χ4v) is 1.78. The molecule has 0 saturated carbocycles. The second-order valence-electron chi connectivity index (χ2n) is 4.05. The first-order chi connectivity index (χ1) is 8.27. The average Bonchev–Trinajstić information content (AvgIpc) is 2.38. The van der Waals surface area contributed by atoms with Gasteiger partial charge in [0.15, 0.2) is 0 Å². The van der Waals surface area contributed by atoms with E-state index >= 15 is 0 Å². The number of anilines is 1. The second kappa shape index (κ2) is 5.46. The second-order valence-corrected chi connectivity index (χ2v) is 4.05. The monoisotopic (exact) mass is 227 g/mol. The minimum absolute atomic E-state index is 0.221. The predicted molar refractivity (Wildman–Crippen MR) is 70.3 cm³/mol. The summed E-state index contributed by atoms with van der Waals surface area (Å²) in [6, 6.07) is 14.1. The van der Waals surface area contributed by atoms with Crippen LogP contribution in [0.1, 0.15) is 24.2 Å². The summed E-state index contributed by atoms with van der Waals surface area (Å²) in [4.78, 5) is 4.27. The first kappa shape index (κ1) is 11.6. The number of rotatable bonds is 4. The minimum atomic E-state index is 0.221. The van der Waals surface area contributed by atoms with Crippen molar-refractivity contribution < 1.29 is 0 Å². The van der Waals surface area contributed by atoms with Crippen LogP contribution < -0.4 is 11.1 Å². The molecule has 88 valence electrons. The van der Waals surface area contributed by atoms with Gasteiger partial charge in [-0.2, -0.15) is 0 Å². The molecule has 0 aliphatic heterocycles. The zero-order valence-corrected chi connectivity index (χ0v) is 9.93. The maximum atomic E-state index is 5.93. The Morgan fingerprint density at radius 2 is 1.94 bits per heavy atom. The molecule has 2 rings (SSSR count). The molecule has 1 atom stereocenters. The summed E-state index contributed by atoms with van der Waals surface area (Å²) in [7, 11) is 0. The molecule has 3 nitrogen and oxygen atoms in total. The van der Waals surface area contributed by atoms with Crippen LogP contribution in [-0.2, 0) is 6.54 Å². The fraction of sp³-hybridized carbons (Fsp3) is 0.214. The van der Waals surface area contributed by atoms with Crippen LogP contribution in [0.25, 0.3) is 0 Å². The SMILES string of the molecule is C[C@H](NCc1ccccn1)c1ccccc1N. The molecule has 3 N–H and O–H groups in total. The highest BCUT2D eigenvalue weighted by molar-refractivity contribution is 5.47. The zero-order chi connectivity index (χ0) is 12.1. The summed E-state index contributed by atoms with van der Waals surface area (Å²) in [5.74, 6) is 0. The summed E-state index contributed by atoms with van der Waals surface area (Å²) in [6.07, 6.45) is 1.80. The van der Waals surface area contributed by atoms with E-state index in [9.17, 15) is 0 Å². The van der Waals surface area contributed by atoms with Crippen LogP contribution in [0, 0.1) is 0 Å². The minimum Gasteiger partial charge on any atom is -0.398 e. The Kier molecular flexibility index (Phi) is 3.73. The van der Waals surface area contributed by atoms with Gasteiger partial charge in [-0.3, -0.25) is 4.98 Å². The molecule has 0 amide bonds. The van der Waals surface area contributed by atoms with Crippen molar-refractivity contribution in [3.05, 3.63) is 59.9 Å². The topological polar surface area (TPSA) is 50.9 Å². The van der Waals surface area contributed by atoms with Crippen molar-refractivity contribution in [1.29, 1.82) is 0 Å². The van der Waals surface area contributed by atoms with Gasteiger partial charge in [0.05, 0.1) is 5.69 Å². The molecule has 0 bridgehead atoms. The molecule has 0 fully saturated rings. The summed E-state index contributed by atoms with van der Waals surface area (Å²) < 4.78 is 0. The van der Waals surface area contributed by atoms with E-state index in [1.807, 2.05) is 42.5 Å². The number of para-hydroxylation sites is 1. The Bertz CT molecular complexity index is 468. The number of aromatic nitrogens is 1. The maximum absolute atomic E-state index is 5.93. The number of hydrogen-bond acceptors (Lipinski definition) is 3. The van der Waals surface area contributed by atoms with Crippen molar-refractivity contribution in [2.24, 2.45) is 0 Å². The number of benzene rings is 1. The summed E-state index contributed by atoms with van der Waals surface area (Å²) >= 11 is 0. The quantitative estimate of drug-likeness (QED) is 0.789. The Labute approximate surface area is 102 Å². The molecular weight excluding hydrogens is 210 g/mol. The Morgan fingerprint density at radius 3 is 2.65 bits per heavy atom. The lowest BCUT2D eigenvalue weighted by Crippen LogP contribution is -2.19. The van der Waals surface area contributed by atoms with Crippen molar-refractivity contribution >= 4 is 5.69 Å². The van der Waals surface area contributed by atoms with E-state index in [0.717, 1.165) is 23.5 Å². The first-order valence-corrected chi connectivity index (χ1v) is 5.75. The molecule has 1 aromatic heterocycles. The number of nitrogens with zero attached hydrogens (tertiary/aromatic N) is 1. The van der Waals surface area contributed by atoms with E-state index < -0.39 is 0 Å². The lowest BCUT2D eigenvalue weighted by atomic mass is 10.1. The summed E-state index contributed by atoms with van der Waals surface area (Å²) in [5, 5.41) is 3.41. The third-order valence-electron chi connectivity index (χ3n) is 2.78. The van der Waals surface area contributed by atoms with E-state index in [2.05, 4.69) is 17.2 Å². The highest BCUT2D eigenvalue weighted by Crippen LogP contribution is 2.19. The van der Waals surface area contributed by atoms with Gasteiger partial charge < -0.3 is 11.1 Å². The van der Waals surface area contributed by atoms with Gasteiger partial charge in [0.1, 0.15) is 0 Å². The highest BCUT2D eigenvalue weighted by atomic mass is 14.9. The fourth-order valence-electron chi connectivity index (χ4n) is 1.78. The normalized spacial score (nSPS) is 12.3. The number of nitrogens with two attached hydrogens (primary N) is 1. The smallest absolute Gasteiger partial charge is 0.0541 e. The summed E-state index contributed by atoms with van der Waals surface area (Å²) in [5.41, 5.74) is 8.93. The van der Waals surface area contributed by atoms with Crippen LogP contribution in [0.15, 0.2) is 48.7 Å². The van der Waals surface area contributed by atoms with Crippen LogP contribution in [-0.4, -0.2) is 4.98 Å². The van der Waals surface area contributed by atoms with Crippen LogP contribution >= 0.6 is 0 Å². The van der Waals surface area contributed by atoms with Gasteiger partial charge >= 0.3 is 0 Å². The third-order valence-corrected chi connectivity index (χ3v) is 2.78. The van der Waals surface area contributed by atoms with Gasteiger partial charge in [-0.25, -0.2) is 0 Å². The molecule has 0 unspecified atom stereocenters. The molecule has 1 heterocycles. The Morgan fingerprint density at radius 1 is 1.18 bits per heavy atom. The van der Waals surface area contributed by atoms with Crippen molar-refractivity contribution in [2.45, 2.75) is 19.5 Å². The van der Waals surface area contributed by atoms with E-state index in [0.29, 0.717) is 0 Å². The molecule has 17 heavy (non-hydrogen) atoms. The molecule has 0 spiro atoms. The van der Waals surface area contributed by atoms with Crippen LogP contribution in [0.4, 0.5) is 5.69 Å². The van der Waals surface area contributed by atoms with Crippen LogP contribution in [0.3, 0.4) is 0 Å². The number of nitrogens with one attached hydrogen (secondary N) is 1. The van der Waals surface area contributed by atoms with Gasteiger partial charge in [0, 0.05) is 24.5 Å². The molecule has 0 aliphatic carbocycles. The van der Waals surface area contributed by atoms with Gasteiger partial charge in [-0.05, 0) is 30.7 Å². The van der Waals surface area contributed by atoms with Crippen LogP contribution in [0.5, 0.6) is 0 Å². The number of pyridine rings is 1. The molecule has 3 heteroatoms. The van der Waals surface area contributed by atoms with Crippen LogP contribution in [0.2, 0.25) is 0 Å². The standard InChI is InChI=1S/C14H17N3/c1-11(13-7-2-3-8-14(13)15)17-10-12-6-4-5-9-16-12/h2-9,11,17H,10,15H2,1H3/t11-/m0/s1. The van der Waals surface area contributed by atoms with Gasteiger partial charge in [0.2, 0.25) is 0 Å². The maximum Gasteiger partial charge on any atom is 0.0541 e. The van der Waals surface area contributed by atoms with E-state index in [4.69, 9.17) is 5.73 Å². The molecule has 0 saturated heterocycles. The summed E-state index contributed by atoms with van der Waals surface area (Å²) in [6.45, 7) is 2.85. The molecule has 0 aliphatic rings. The molecule has 2 aromatic rings. The largest absolute Gasteiger partial charge is 0.398 e. The van der Waals surface area contributed by atoms with E-state index in [-0.39, 0.29) is 6.04 Å². The predicted octanol–water partition coefficient (Wildman–Crippen LogP) is 2.51. The van der Waals surface area contributed by atoms with E-state index in [1.54, 1.807) is 6.20 Å². The van der Waals surface area contributed by atoms with Crippen molar-refractivity contribution in [2.75, 3.05) is 5.73 Å². The van der Waals surface area contributed by atoms with Gasteiger partial charge in [0.25, 0.3) is 0 Å². The molecular formula is C14H17N3. The number of hydrogen-bond donors (Lipinski definition) is 2. The molecule has 0 radical (unpaired) electrons. The van der Waals surface area contributed by atoms with Crippen molar-refractivity contribution in [3.63, 3.8) is 0 Å². The Hall–Kier alpha value is -1.87.